The lowest BCUT2D eigenvalue weighted by Gasteiger charge is -2.34. The highest BCUT2D eigenvalue weighted by Gasteiger charge is 2.46. The lowest BCUT2D eigenvalue weighted by atomic mass is 9.79. The molecule has 2 heterocycles. The second-order valence-electron chi connectivity index (χ2n) is 8.01. The Bertz CT molecular complexity index is 943. The van der Waals surface area contributed by atoms with Gasteiger partial charge in [0, 0.05) is 43.5 Å². The highest BCUT2D eigenvalue weighted by Crippen LogP contribution is 2.44. The Kier molecular flexibility index (Phi) is 5.06. The van der Waals surface area contributed by atoms with Crippen molar-refractivity contribution in [2.45, 2.75) is 50.7 Å². The molecule has 1 aliphatic heterocycles. The summed E-state index contributed by atoms with van der Waals surface area (Å²) in [5, 5.41) is 6.83. The van der Waals surface area contributed by atoms with E-state index in [9.17, 15) is 31.1 Å². The molecule has 4 rings (SSSR count). The maximum atomic E-state index is 13.3. The van der Waals surface area contributed by atoms with Gasteiger partial charge in [-0.1, -0.05) is 12.1 Å². The summed E-state index contributed by atoms with van der Waals surface area (Å²) in [6.07, 6.45) is -5.66. The molecule has 1 N–H and O–H groups in total. The number of benzene rings is 1. The van der Waals surface area contributed by atoms with Crippen molar-refractivity contribution in [1.29, 1.82) is 0 Å². The fourth-order valence-corrected chi connectivity index (χ4v) is 4.16. The number of nitrogens with zero attached hydrogens (tertiary/aromatic N) is 2. The fraction of sp³-hybridized carbons (Fsp3) is 0.500. The second kappa shape index (κ2) is 7.31. The molecule has 1 saturated carbocycles. The summed E-state index contributed by atoms with van der Waals surface area (Å²) in [5.41, 5.74) is 1.03. The Labute approximate surface area is 168 Å². The van der Waals surface area contributed by atoms with E-state index in [0.29, 0.717) is 16.8 Å². The van der Waals surface area contributed by atoms with Crippen molar-refractivity contribution < 1.29 is 31.1 Å². The van der Waals surface area contributed by atoms with Crippen LogP contribution in [0.25, 0.3) is 11.1 Å². The first-order valence-electron chi connectivity index (χ1n) is 9.62. The summed E-state index contributed by atoms with van der Waals surface area (Å²) in [6, 6.07) is 5.16. The molecule has 1 fully saturated rings. The first-order chi connectivity index (χ1) is 14.0. The molecule has 30 heavy (non-hydrogen) atoms. The molecule has 10 heteroatoms. The molecule has 0 bridgehead atoms. The number of aryl methyl sites for hydroxylation is 1. The first-order valence-corrected chi connectivity index (χ1v) is 9.62. The Hall–Kier alpha value is -2.52. The van der Waals surface area contributed by atoms with Crippen LogP contribution >= 0.6 is 0 Å². The van der Waals surface area contributed by atoms with Crippen molar-refractivity contribution in [3.8, 4) is 11.1 Å². The van der Waals surface area contributed by atoms with Gasteiger partial charge in [-0.15, -0.1) is 0 Å². The standard InChI is InChI=1S/C20H19F6N3O/c21-14-3-1-12(2-4-14)17-15-8-13(20(24,25)26)5-6-29(15)28-18(17)27-16(30)7-11-9-19(22,23)10-11/h1-4,11,13H,5-10H2,(H,27,28,30). The van der Waals surface area contributed by atoms with Crippen molar-refractivity contribution in [2.24, 2.45) is 11.8 Å². The van der Waals surface area contributed by atoms with Crippen LogP contribution in [0.5, 0.6) is 0 Å². The molecule has 4 nitrogen and oxygen atoms in total. The minimum absolute atomic E-state index is 0.0262. The molecule has 162 valence electrons. The molecule has 0 saturated heterocycles. The molecular formula is C20H19F6N3O. The van der Waals surface area contributed by atoms with E-state index in [-0.39, 0.29) is 44.5 Å². The number of alkyl halides is 5. The van der Waals surface area contributed by atoms with E-state index in [0.717, 1.165) is 0 Å². The van der Waals surface area contributed by atoms with Crippen molar-refractivity contribution in [2.75, 3.05) is 5.32 Å². The van der Waals surface area contributed by atoms with Crippen LogP contribution in [0.2, 0.25) is 0 Å². The summed E-state index contributed by atoms with van der Waals surface area (Å²) in [6.45, 7) is 0.0262. The summed E-state index contributed by atoms with van der Waals surface area (Å²) in [4.78, 5) is 12.4. The van der Waals surface area contributed by atoms with Gasteiger partial charge in [-0.25, -0.2) is 13.2 Å². The molecular weight excluding hydrogens is 412 g/mol. The third kappa shape index (κ3) is 4.17. The molecule has 1 unspecified atom stereocenters. The van der Waals surface area contributed by atoms with Gasteiger partial charge in [0.15, 0.2) is 5.82 Å². The first kappa shape index (κ1) is 20.7. The minimum Gasteiger partial charge on any atom is -0.309 e. The van der Waals surface area contributed by atoms with Crippen LogP contribution in [-0.2, 0) is 17.8 Å². The zero-order valence-corrected chi connectivity index (χ0v) is 15.8. The maximum absolute atomic E-state index is 13.3. The second-order valence-corrected chi connectivity index (χ2v) is 8.01. The molecule has 0 radical (unpaired) electrons. The molecule has 1 aromatic heterocycles. The SMILES string of the molecule is O=C(CC1CC(F)(F)C1)Nc1nn2c(c1-c1ccc(F)cc1)CC(C(F)(F)F)CC2. The van der Waals surface area contributed by atoms with Gasteiger partial charge in [-0.2, -0.15) is 18.3 Å². The molecule has 1 atom stereocenters. The van der Waals surface area contributed by atoms with E-state index < -0.39 is 35.7 Å². The smallest absolute Gasteiger partial charge is 0.309 e. The highest BCUT2D eigenvalue weighted by atomic mass is 19.4. The Morgan fingerprint density at radius 2 is 1.87 bits per heavy atom. The summed E-state index contributed by atoms with van der Waals surface area (Å²) in [5.74, 6) is -5.70. The van der Waals surface area contributed by atoms with Crippen molar-refractivity contribution in [1.82, 2.24) is 9.78 Å². The van der Waals surface area contributed by atoms with Crippen LogP contribution in [0.4, 0.5) is 32.2 Å². The summed E-state index contributed by atoms with van der Waals surface area (Å²) in [7, 11) is 0. The van der Waals surface area contributed by atoms with Gasteiger partial charge in [-0.05, 0) is 30.0 Å². The van der Waals surface area contributed by atoms with Crippen LogP contribution < -0.4 is 5.32 Å². The number of carbonyl (C=O) groups is 1. The molecule has 2 aromatic rings. The van der Waals surface area contributed by atoms with E-state index >= 15 is 0 Å². The van der Waals surface area contributed by atoms with Crippen LogP contribution in [0.15, 0.2) is 24.3 Å². The number of hydrogen-bond acceptors (Lipinski definition) is 2. The summed E-state index contributed by atoms with van der Waals surface area (Å²) >= 11 is 0. The maximum Gasteiger partial charge on any atom is 0.392 e. The van der Waals surface area contributed by atoms with Crippen LogP contribution in [0.3, 0.4) is 0 Å². The topological polar surface area (TPSA) is 46.9 Å². The van der Waals surface area contributed by atoms with E-state index in [2.05, 4.69) is 10.4 Å². The van der Waals surface area contributed by atoms with Crippen LogP contribution in [0, 0.1) is 17.7 Å². The number of carbonyl (C=O) groups excluding carboxylic acids is 1. The average Bonchev–Trinajstić information content (AvgIpc) is 2.97. The van der Waals surface area contributed by atoms with Gasteiger partial charge in [-0.3, -0.25) is 9.48 Å². The molecule has 2 aliphatic rings. The monoisotopic (exact) mass is 431 g/mol. The largest absolute Gasteiger partial charge is 0.392 e. The Morgan fingerprint density at radius 1 is 1.20 bits per heavy atom. The molecule has 1 amide bonds. The van der Waals surface area contributed by atoms with Gasteiger partial charge in [0.1, 0.15) is 5.82 Å². The number of hydrogen-bond donors (Lipinski definition) is 1. The Balaban J connectivity index is 1.62. The third-order valence-corrected chi connectivity index (χ3v) is 5.69. The predicted molar refractivity (Wildman–Crippen MR) is 96.4 cm³/mol. The number of nitrogens with one attached hydrogen (secondary N) is 1. The lowest BCUT2D eigenvalue weighted by molar-refractivity contribution is -0.179. The van der Waals surface area contributed by atoms with Gasteiger partial charge in [0.2, 0.25) is 11.8 Å². The number of anilines is 1. The minimum atomic E-state index is -4.37. The van der Waals surface area contributed by atoms with Crippen LogP contribution in [-0.4, -0.2) is 27.8 Å². The van der Waals surface area contributed by atoms with Gasteiger partial charge >= 0.3 is 6.18 Å². The fourth-order valence-electron chi connectivity index (χ4n) is 4.16. The van der Waals surface area contributed by atoms with Gasteiger partial charge in [0.05, 0.1) is 5.92 Å². The zero-order chi connectivity index (χ0) is 21.7. The van der Waals surface area contributed by atoms with Crippen LogP contribution in [0.1, 0.15) is 31.4 Å². The molecule has 1 aliphatic carbocycles. The average molecular weight is 431 g/mol. The third-order valence-electron chi connectivity index (χ3n) is 5.69. The highest BCUT2D eigenvalue weighted by molar-refractivity contribution is 5.95. The normalized spacial score (nSPS) is 21.1. The van der Waals surface area contributed by atoms with Gasteiger partial charge in [0.25, 0.3) is 0 Å². The Morgan fingerprint density at radius 3 is 2.47 bits per heavy atom. The van der Waals surface area contributed by atoms with Crippen molar-refractivity contribution in [3.05, 3.63) is 35.8 Å². The number of aromatic nitrogens is 2. The number of halogens is 6. The van der Waals surface area contributed by atoms with E-state index in [4.69, 9.17) is 0 Å². The van der Waals surface area contributed by atoms with E-state index in [1.807, 2.05) is 0 Å². The lowest BCUT2D eigenvalue weighted by Crippen LogP contribution is -2.37. The summed E-state index contributed by atoms with van der Waals surface area (Å²) < 4.78 is 80.6. The number of fused-ring (bicyclic) bond motifs is 1. The zero-order valence-electron chi connectivity index (χ0n) is 15.8. The van der Waals surface area contributed by atoms with E-state index in [1.165, 1.54) is 28.9 Å². The number of rotatable bonds is 4. The van der Waals surface area contributed by atoms with Crippen molar-refractivity contribution in [3.63, 3.8) is 0 Å². The number of amides is 1. The molecule has 0 spiro atoms. The predicted octanol–water partition coefficient (Wildman–Crippen LogP) is 5.19. The van der Waals surface area contributed by atoms with Crippen molar-refractivity contribution >= 4 is 11.7 Å². The van der Waals surface area contributed by atoms with E-state index in [1.54, 1.807) is 0 Å². The quantitative estimate of drug-likeness (QED) is 0.678. The van der Waals surface area contributed by atoms with Gasteiger partial charge < -0.3 is 5.32 Å². The molecule has 1 aromatic carbocycles.